The van der Waals surface area contributed by atoms with Crippen molar-refractivity contribution in [1.29, 1.82) is 0 Å². The number of hydrogen-bond donors (Lipinski definition) is 1. The predicted molar refractivity (Wildman–Crippen MR) is 87.2 cm³/mol. The smallest absolute Gasteiger partial charge is 0.0372 e. The van der Waals surface area contributed by atoms with Crippen molar-refractivity contribution in [3.05, 3.63) is 29.3 Å². The van der Waals surface area contributed by atoms with Gasteiger partial charge in [0.05, 0.1) is 0 Å². The molecule has 1 aliphatic heterocycles. The summed E-state index contributed by atoms with van der Waals surface area (Å²) in [6, 6.07) is 7.57. The quantitative estimate of drug-likeness (QED) is 0.855. The first kappa shape index (κ1) is 14.7. The fraction of sp³-hybridized carbons (Fsp3) is 0.625. The van der Waals surface area contributed by atoms with E-state index in [1.807, 2.05) is 11.8 Å². The molecule has 2 rings (SSSR count). The van der Waals surface area contributed by atoms with Gasteiger partial charge in [-0.15, -0.1) is 0 Å². The predicted octanol–water partition coefficient (Wildman–Crippen LogP) is 3.62. The highest BCUT2D eigenvalue weighted by atomic mass is 32.2. The largest absolute Gasteiger partial charge is 0.385 e. The minimum Gasteiger partial charge on any atom is -0.385 e. The van der Waals surface area contributed by atoms with Crippen molar-refractivity contribution in [2.75, 3.05) is 30.9 Å². The van der Waals surface area contributed by atoms with Gasteiger partial charge in [-0.3, -0.25) is 4.90 Å². The van der Waals surface area contributed by atoms with Gasteiger partial charge in [-0.25, -0.2) is 0 Å². The molecule has 0 aliphatic carbocycles. The van der Waals surface area contributed by atoms with Gasteiger partial charge in [0.25, 0.3) is 0 Å². The van der Waals surface area contributed by atoms with Crippen LogP contribution in [0.2, 0.25) is 0 Å². The molecule has 0 radical (unpaired) electrons. The van der Waals surface area contributed by atoms with Gasteiger partial charge in [-0.1, -0.05) is 12.1 Å². The maximum Gasteiger partial charge on any atom is 0.0372 e. The number of fused-ring (bicyclic) bond motifs is 1. The van der Waals surface area contributed by atoms with Crippen LogP contribution in [0.25, 0.3) is 0 Å². The Morgan fingerprint density at radius 1 is 1.42 bits per heavy atom. The molecule has 1 atom stereocenters. The van der Waals surface area contributed by atoms with E-state index in [1.54, 1.807) is 0 Å². The Labute approximate surface area is 122 Å². The number of benzene rings is 1. The summed E-state index contributed by atoms with van der Waals surface area (Å²) >= 11 is 1.94. The minimum atomic E-state index is 0.654. The Kier molecular flexibility index (Phi) is 5.59. The van der Waals surface area contributed by atoms with Crippen LogP contribution in [0, 0.1) is 0 Å². The fourth-order valence-corrected chi connectivity index (χ4v) is 3.16. The van der Waals surface area contributed by atoms with Gasteiger partial charge in [0.2, 0.25) is 0 Å². The summed E-state index contributed by atoms with van der Waals surface area (Å²) in [4.78, 5) is 2.47. The lowest BCUT2D eigenvalue weighted by molar-refractivity contribution is 0.245. The van der Waals surface area contributed by atoms with Crippen LogP contribution in [0.4, 0.5) is 5.69 Å². The second kappa shape index (κ2) is 7.20. The van der Waals surface area contributed by atoms with E-state index >= 15 is 0 Å². The molecule has 0 aromatic heterocycles. The molecule has 0 saturated heterocycles. The van der Waals surface area contributed by atoms with Crippen molar-refractivity contribution in [2.24, 2.45) is 0 Å². The van der Waals surface area contributed by atoms with Crippen LogP contribution >= 0.6 is 11.8 Å². The van der Waals surface area contributed by atoms with Gasteiger partial charge in [0.1, 0.15) is 0 Å². The molecule has 1 aliphatic rings. The van der Waals surface area contributed by atoms with Crippen LogP contribution in [0.15, 0.2) is 18.2 Å². The fourth-order valence-electron chi connectivity index (χ4n) is 2.58. The van der Waals surface area contributed by atoms with E-state index in [2.05, 4.69) is 48.6 Å². The molecule has 1 unspecified atom stereocenters. The summed E-state index contributed by atoms with van der Waals surface area (Å²) in [6.45, 7) is 4.51. The second-order valence-electron chi connectivity index (χ2n) is 5.57. The summed E-state index contributed by atoms with van der Waals surface area (Å²) < 4.78 is 0. The van der Waals surface area contributed by atoms with Gasteiger partial charge in [-0.05, 0) is 62.4 Å². The molecule has 1 aromatic rings. The van der Waals surface area contributed by atoms with Gasteiger partial charge in [0, 0.05) is 24.8 Å². The maximum atomic E-state index is 3.48. The molecule has 2 nitrogen and oxygen atoms in total. The highest BCUT2D eigenvalue weighted by Crippen LogP contribution is 2.23. The van der Waals surface area contributed by atoms with Crippen LogP contribution < -0.4 is 5.32 Å². The van der Waals surface area contributed by atoms with Crippen molar-refractivity contribution in [1.82, 2.24) is 4.90 Å². The molecule has 0 amide bonds. The van der Waals surface area contributed by atoms with Crippen LogP contribution in [-0.4, -0.2) is 36.5 Å². The van der Waals surface area contributed by atoms with Gasteiger partial charge >= 0.3 is 0 Å². The third kappa shape index (κ3) is 4.15. The van der Waals surface area contributed by atoms with Crippen molar-refractivity contribution in [3.63, 3.8) is 0 Å². The van der Waals surface area contributed by atoms with Crippen LogP contribution in [-0.2, 0) is 13.0 Å². The molecule has 3 heteroatoms. The summed E-state index contributed by atoms with van der Waals surface area (Å²) in [7, 11) is 2.24. The third-order valence-electron chi connectivity index (χ3n) is 4.03. The lowest BCUT2D eigenvalue weighted by atomic mass is 10.0. The Morgan fingerprint density at radius 3 is 3.05 bits per heavy atom. The molecule has 19 heavy (non-hydrogen) atoms. The standard InChI is InChI=1S/C16H26N2S/c1-13(8-10-19-3)18(2)12-14-6-7-16-15(11-14)5-4-9-17-16/h6-7,11,13,17H,4-5,8-10,12H2,1-3H3. The average Bonchev–Trinajstić information content (AvgIpc) is 2.44. The Hall–Kier alpha value is -0.670. The minimum absolute atomic E-state index is 0.654. The van der Waals surface area contributed by atoms with E-state index < -0.39 is 0 Å². The summed E-state index contributed by atoms with van der Waals surface area (Å²) in [5.41, 5.74) is 4.28. The number of anilines is 1. The van der Waals surface area contributed by atoms with Crippen LogP contribution in [0.1, 0.15) is 30.9 Å². The van der Waals surface area contributed by atoms with Crippen molar-refractivity contribution in [3.8, 4) is 0 Å². The summed E-state index contributed by atoms with van der Waals surface area (Å²) in [5, 5.41) is 3.48. The zero-order valence-corrected chi connectivity index (χ0v) is 13.2. The number of aryl methyl sites for hydroxylation is 1. The Balaban J connectivity index is 1.95. The molecule has 0 fully saturated rings. The molecule has 1 heterocycles. The van der Waals surface area contributed by atoms with E-state index in [-0.39, 0.29) is 0 Å². The molecule has 1 aromatic carbocycles. The summed E-state index contributed by atoms with van der Waals surface area (Å²) in [5.74, 6) is 1.25. The average molecular weight is 278 g/mol. The molecule has 0 bridgehead atoms. The number of hydrogen-bond acceptors (Lipinski definition) is 3. The maximum absolute atomic E-state index is 3.48. The molecule has 106 valence electrons. The zero-order valence-electron chi connectivity index (χ0n) is 12.4. The molecular weight excluding hydrogens is 252 g/mol. The first-order valence-electron chi connectivity index (χ1n) is 7.25. The van der Waals surface area contributed by atoms with E-state index in [4.69, 9.17) is 0 Å². The van der Waals surface area contributed by atoms with Crippen molar-refractivity contribution < 1.29 is 0 Å². The molecule has 1 N–H and O–H groups in total. The van der Waals surface area contributed by atoms with Crippen molar-refractivity contribution >= 4 is 17.4 Å². The van der Waals surface area contributed by atoms with E-state index in [0.717, 1.165) is 13.1 Å². The molecule has 0 spiro atoms. The third-order valence-corrected chi connectivity index (χ3v) is 4.68. The molecule has 0 saturated carbocycles. The first-order valence-corrected chi connectivity index (χ1v) is 8.65. The number of thioether (sulfide) groups is 1. The monoisotopic (exact) mass is 278 g/mol. The topological polar surface area (TPSA) is 15.3 Å². The van der Waals surface area contributed by atoms with E-state index in [9.17, 15) is 0 Å². The summed E-state index contributed by atoms with van der Waals surface area (Å²) in [6.07, 6.45) is 5.94. The number of nitrogens with one attached hydrogen (secondary N) is 1. The van der Waals surface area contributed by atoms with E-state index in [0.29, 0.717) is 6.04 Å². The van der Waals surface area contributed by atoms with Crippen molar-refractivity contribution in [2.45, 2.75) is 38.8 Å². The normalized spacial score (nSPS) is 16.0. The highest BCUT2D eigenvalue weighted by molar-refractivity contribution is 7.98. The lowest BCUT2D eigenvalue weighted by Crippen LogP contribution is -2.29. The zero-order chi connectivity index (χ0) is 13.7. The SMILES string of the molecule is CSCCC(C)N(C)Cc1ccc2c(c1)CCCN2. The number of rotatable bonds is 6. The van der Waals surface area contributed by atoms with Gasteiger partial charge in [0.15, 0.2) is 0 Å². The van der Waals surface area contributed by atoms with Gasteiger partial charge < -0.3 is 5.32 Å². The second-order valence-corrected chi connectivity index (χ2v) is 6.55. The van der Waals surface area contributed by atoms with Gasteiger partial charge in [-0.2, -0.15) is 11.8 Å². The highest BCUT2D eigenvalue weighted by Gasteiger charge is 2.12. The van der Waals surface area contributed by atoms with Crippen LogP contribution in [0.3, 0.4) is 0 Å². The lowest BCUT2D eigenvalue weighted by Gasteiger charge is -2.25. The van der Waals surface area contributed by atoms with Crippen LogP contribution in [0.5, 0.6) is 0 Å². The Morgan fingerprint density at radius 2 is 2.26 bits per heavy atom. The first-order chi connectivity index (χ1) is 9.20. The van der Waals surface area contributed by atoms with E-state index in [1.165, 1.54) is 41.8 Å². The molecular formula is C16H26N2S. The number of nitrogens with zero attached hydrogens (tertiary/aromatic N) is 1. The Bertz CT molecular complexity index is 406.